The van der Waals surface area contributed by atoms with Gasteiger partial charge < -0.3 is 10.1 Å². The molecule has 0 spiro atoms. The zero-order valence-electron chi connectivity index (χ0n) is 18.6. The third-order valence-corrected chi connectivity index (χ3v) is 6.69. The van der Waals surface area contributed by atoms with Crippen LogP contribution in [0.4, 0.5) is 10.5 Å². The van der Waals surface area contributed by atoms with Gasteiger partial charge in [0, 0.05) is 21.3 Å². The molecule has 0 unspecified atom stereocenters. The van der Waals surface area contributed by atoms with Gasteiger partial charge in [0.1, 0.15) is 5.75 Å². The van der Waals surface area contributed by atoms with Crippen LogP contribution in [0.5, 0.6) is 5.75 Å². The molecule has 1 fully saturated rings. The van der Waals surface area contributed by atoms with Crippen LogP contribution in [-0.4, -0.2) is 28.6 Å². The van der Waals surface area contributed by atoms with E-state index in [9.17, 15) is 14.4 Å². The molecule has 1 aliphatic rings. The van der Waals surface area contributed by atoms with Crippen molar-refractivity contribution in [1.29, 1.82) is 0 Å². The van der Waals surface area contributed by atoms with E-state index in [-0.39, 0.29) is 24.0 Å². The van der Waals surface area contributed by atoms with E-state index < -0.39 is 11.1 Å². The Kier molecular flexibility index (Phi) is 7.80. The summed E-state index contributed by atoms with van der Waals surface area (Å²) in [6, 6.07) is 19.4. The molecule has 1 aliphatic heterocycles. The first kappa shape index (κ1) is 24.9. The molecule has 3 aromatic carbocycles. The monoisotopic (exact) mass is 526 g/mol. The number of ether oxygens (including phenoxy) is 1. The van der Waals surface area contributed by atoms with Crippen LogP contribution in [-0.2, 0) is 16.1 Å². The van der Waals surface area contributed by atoms with Crippen LogP contribution >= 0.6 is 35.0 Å². The highest BCUT2D eigenvalue weighted by Gasteiger charge is 2.35. The first-order valence-electron chi connectivity index (χ1n) is 10.6. The maximum absolute atomic E-state index is 12.9. The van der Waals surface area contributed by atoms with E-state index in [0.29, 0.717) is 32.6 Å². The van der Waals surface area contributed by atoms with E-state index >= 15 is 0 Å². The molecular formula is C26H20Cl2N2O4S. The van der Waals surface area contributed by atoms with Gasteiger partial charge in [-0.25, -0.2) is 0 Å². The molecule has 0 saturated carbocycles. The van der Waals surface area contributed by atoms with E-state index in [4.69, 9.17) is 27.9 Å². The number of hydrogen-bond donors (Lipinski definition) is 1. The molecule has 1 N–H and O–H groups in total. The number of aryl methyl sites for hydroxylation is 1. The van der Waals surface area contributed by atoms with E-state index in [0.717, 1.165) is 22.2 Å². The number of hydrogen-bond acceptors (Lipinski definition) is 5. The Morgan fingerprint density at radius 1 is 1.03 bits per heavy atom. The van der Waals surface area contributed by atoms with Crippen LogP contribution in [0.15, 0.2) is 71.6 Å². The van der Waals surface area contributed by atoms with E-state index in [2.05, 4.69) is 5.32 Å². The van der Waals surface area contributed by atoms with Gasteiger partial charge in [-0.2, -0.15) is 0 Å². The van der Waals surface area contributed by atoms with Gasteiger partial charge in [0.2, 0.25) is 0 Å². The first-order chi connectivity index (χ1) is 16.8. The Balaban J connectivity index is 1.41. The fourth-order valence-electron chi connectivity index (χ4n) is 3.39. The van der Waals surface area contributed by atoms with Crippen molar-refractivity contribution >= 4 is 63.8 Å². The van der Waals surface area contributed by atoms with Crippen LogP contribution in [0.1, 0.15) is 16.7 Å². The topological polar surface area (TPSA) is 75.7 Å². The zero-order valence-corrected chi connectivity index (χ0v) is 20.9. The van der Waals surface area contributed by atoms with Crippen molar-refractivity contribution in [2.45, 2.75) is 13.5 Å². The summed E-state index contributed by atoms with van der Waals surface area (Å²) >= 11 is 13.2. The summed E-state index contributed by atoms with van der Waals surface area (Å²) in [7, 11) is 0. The molecule has 178 valence electrons. The van der Waals surface area contributed by atoms with Crippen LogP contribution in [0.3, 0.4) is 0 Å². The molecule has 0 radical (unpaired) electrons. The number of nitrogens with zero attached hydrogens (tertiary/aromatic N) is 1. The molecule has 0 atom stereocenters. The summed E-state index contributed by atoms with van der Waals surface area (Å²) < 4.78 is 5.61. The second-order valence-corrected chi connectivity index (χ2v) is 9.55. The van der Waals surface area contributed by atoms with Crippen LogP contribution < -0.4 is 10.1 Å². The summed E-state index contributed by atoms with van der Waals surface area (Å²) in [5.41, 5.74) is 2.90. The van der Waals surface area contributed by atoms with Gasteiger partial charge in [0.25, 0.3) is 17.1 Å². The highest BCUT2D eigenvalue weighted by atomic mass is 35.5. The molecule has 0 aliphatic carbocycles. The number of thioether (sulfide) groups is 1. The molecule has 3 amide bonds. The summed E-state index contributed by atoms with van der Waals surface area (Å²) in [6.45, 7) is 1.75. The maximum atomic E-state index is 12.9. The largest absolute Gasteiger partial charge is 0.484 e. The van der Waals surface area contributed by atoms with Gasteiger partial charge in [0.15, 0.2) is 6.61 Å². The third kappa shape index (κ3) is 6.25. The van der Waals surface area contributed by atoms with Crippen LogP contribution in [0.25, 0.3) is 6.08 Å². The quantitative estimate of drug-likeness (QED) is 0.353. The molecule has 35 heavy (non-hydrogen) atoms. The van der Waals surface area contributed by atoms with Gasteiger partial charge >= 0.3 is 0 Å². The Hall–Kier alpha value is -3.26. The number of imide groups is 1. The predicted octanol–water partition coefficient (Wildman–Crippen LogP) is 6.56. The lowest BCUT2D eigenvalue weighted by Crippen LogP contribution is -2.27. The number of rotatable bonds is 7. The number of anilines is 1. The normalized spacial score (nSPS) is 14.5. The van der Waals surface area contributed by atoms with E-state index in [1.165, 1.54) is 0 Å². The van der Waals surface area contributed by atoms with Crippen molar-refractivity contribution < 1.29 is 19.1 Å². The predicted molar refractivity (Wildman–Crippen MR) is 140 cm³/mol. The zero-order chi connectivity index (χ0) is 24.9. The van der Waals surface area contributed by atoms with Gasteiger partial charge in [-0.05, 0) is 72.3 Å². The van der Waals surface area contributed by atoms with Gasteiger partial charge in [-0.1, -0.05) is 53.5 Å². The van der Waals surface area contributed by atoms with Crippen molar-refractivity contribution in [3.63, 3.8) is 0 Å². The molecular weight excluding hydrogens is 507 g/mol. The number of amides is 3. The van der Waals surface area contributed by atoms with Crippen molar-refractivity contribution in [2.24, 2.45) is 0 Å². The molecule has 9 heteroatoms. The standard InChI is InChI=1S/C26H20Cl2N2O4S/c1-16-5-2-7-18(11-16)29-24(31)15-34-19-8-3-6-17(12-19)13-23-25(32)30(26(33)35-23)14-20-21(27)9-4-10-22(20)28/h2-13H,14-15H2,1H3,(H,29,31)/b23-13-. The highest BCUT2D eigenvalue weighted by Crippen LogP contribution is 2.35. The minimum Gasteiger partial charge on any atom is -0.484 e. The van der Waals surface area contributed by atoms with Crippen molar-refractivity contribution in [3.05, 3.63) is 98.4 Å². The number of carbonyl (C=O) groups excluding carboxylic acids is 3. The van der Waals surface area contributed by atoms with Crippen molar-refractivity contribution in [2.75, 3.05) is 11.9 Å². The van der Waals surface area contributed by atoms with Gasteiger partial charge in [-0.15, -0.1) is 0 Å². The summed E-state index contributed by atoms with van der Waals surface area (Å²) in [5, 5.41) is 3.15. The fourth-order valence-corrected chi connectivity index (χ4v) is 4.75. The highest BCUT2D eigenvalue weighted by molar-refractivity contribution is 8.18. The van der Waals surface area contributed by atoms with Crippen molar-refractivity contribution in [1.82, 2.24) is 4.90 Å². The summed E-state index contributed by atoms with van der Waals surface area (Å²) in [6.07, 6.45) is 1.61. The molecule has 0 bridgehead atoms. The van der Waals surface area contributed by atoms with Crippen LogP contribution in [0, 0.1) is 6.92 Å². The second kappa shape index (κ2) is 11.0. The average molecular weight is 527 g/mol. The van der Waals surface area contributed by atoms with E-state index in [1.807, 2.05) is 25.1 Å². The minimum absolute atomic E-state index is 0.0142. The third-order valence-electron chi connectivity index (χ3n) is 5.08. The Morgan fingerprint density at radius 3 is 2.49 bits per heavy atom. The van der Waals surface area contributed by atoms with E-state index in [1.54, 1.807) is 54.6 Å². The number of nitrogens with one attached hydrogen (secondary N) is 1. The Morgan fingerprint density at radius 2 is 1.74 bits per heavy atom. The van der Waals surface area contributed by atoms with Gasteiger partial charge in [-0.3, -0.25) is 19.3 Å². The number of halogens is 2. The lowest BCUT2D eigenvalue weighted by Gasteiger charge is -2.14. The SMILES string of the molecule is Cc1cccc(NC(=O)COc2cccc(/C=C3\SC(=O)N(Cc4c(Cl)cccc4Cl)C3=O)c2)c1. The molecule has 1 saturated heterocycles. The second-order valence-electron chi connectivity index (χ2n) is 7.75. The maximum Gasteiger partial charge on any atom is 0.293 e. The lowest BCUT2D eigenvalue weighted by molar-refractivity contribution is -0.123. The summed E-state index contributed by atoms with van der Waals surface area (Å²) in [5.74, 6) is -0.264. The molecule has 6 nitrogen and oxygen atoms in total. The van der Waals surface area contributed by atoms with Gasteiger partial charge in [0.05, 0.1) is 11.4 Å². The molecule has 3 aromatic rings. The fraction of sp³-hybridized carbons (Fsp3) is 0.115. The number of carbonyl (C=O) groups is 3. The Bertz CT molecular complexity index is 1320. The molecule has 4 rings (SSSR count). The summed E-state index contributed by atoms with van der Waals surface area (Å²) in [4.78, 5) is 39.0. The van der Waals surface area contributed by atoms with Crippen LogP contribution in [0.2, 0.25) is 10.0 Å². The van der Waals surface area contributed by atoms with Crippen molar-refractivity contribution in [3.8, 4) is 5.75 Å². The minimum atomic E-state index is -0.431. The lowest BCUT2D eigenvalue weighted by atomic mass is 10.2. The average Bonchev–Trinajstić information content (AvgIpc) is 3.07. The first-order valence-corrected chi connectivity index (χ1v) is 12.1. The number of benzene rings is 3. The Labute approximate surface area is 216 Å². The molecule has 1 heterocycles. The molecule has 0 aromatic heterocycles. The smallest absolute Gasteiger partial charge is 0.293 e.